The van der Waals surface area contributed by atoms with E-state index in [2.05, 4.69) is 5.32 Å². The lowest BCUT2D eigenvalue weighted by molar-refractivity contribution is -0.166. The van der Waals surface area contributed by atoms with Gasteiger partial charge in [0.05, 0.1) is 36.0 Å². The van der Waals surface area contributed by atoms with Crippen molar-refractivity contribution in [3.63, 3.8) is 0 Å². The van der Waals surface area contributed by atoms with Crippen LogP contribution in [0.15, 0.2) is 65.1 Å². The summed E-state index contributed by atoms with van der Waals surface area (Å²) in [5, 5.41) is 3.61. The molecule has 1 N–H and O–H groups in total. The average Bonchev–Trinajstić information content (AvgIpc) is 3.37. The van der Waals surface area contributed by atoms with Gasteiger partial charge in [-0.2, -0.15) is 4.31 Å². The lowest BCUT2D eigenvalue weighted by Crippen LogP contribution is -2.74. The van der Waals surface area contributed by atoms with Crippen molar-refractivity contribution >= 4 is 21.7 Å². The van der Waals surface area contributed by atoms with E-state index < -0.39 is 33.1 Å². The van der Waals surface area contributed by atoms with Crippen LogP contribution in [0.3, 0.4) is 0 Å². The number of benzene rings is 2. The molecule has 0 amide bonds. The zero-order valence-corrected chi connectivity index (χ0v) is 21.0. The van der Waals surface area contributed by atoms with Gasteiger partial charge in [0.2, 0.25) is 10.0 Å². The summed E-state index contributed by atoms with van der Waals surface area (Å²) in [6, 6.07) is 14.4. The maximum absolute atomic E-state index is 14.1. The maximum atomic E-state index is 14.1. The van der Waals surface area contributed by atoms with Crippen molar-refractivity contribution in [2.45, 2.75) is 48.8 Å². The van der Waals surface area contributed by atoms with Crippen LogP contribution >= 0.6 is 0 Å². The fourth-order valence-electron chi connectivity index (χ4n) is 7.26. The van der Waals surface area contributed by atoms with Crippen LogP contribution in [-0.2, 0) is 29.7 Å². The number of fused-ring (bicyclic) bond motifs is 3. The molecule has 2 aromatic carbocycles. The largest absolute Gasteiger partial charge is 0.469 e. The smallest absolute Gasteiger partial charge is 0.310 e. The molecule has 3 heterocycles. The molecule has 0 aromatic heterocycles. The molecule has 35 heavy (non-hydrogen) atoms. The van der Waals surface area contributed by atoms with Gasteiger partial charge >= 0.3 is 5.97 Å². The third-order valence-electron chi connectivity index (χ3n) is 8.71. The van der Waals surface area contributed by atoms with Crippen molar-refractivity contribution in [3.05, 3.63) is 71.3 Å². The Labute approximate surface area is 206 Å². The predicted molar refractivity (Wildman–Crippen MR) is 131 cm³/mol. The molecule has 2 saturated heterocycles. The number of hydrogen-bond donors (Lipinski definition) is 1. The number of esters is 1. The second-order valence-corrected chi connectivity index (χ2v) is 12.0. The van der Waals surface area contributed by atoms with E-state index in [1.807, 2.05) is 56.3 Å². The minimum Gasteiger partial charge on any atom is -0.469 e. The highest BCUT2D eigenvalue weighted by molar-refractivity contribution is 7.89. The number of ether oxygens (including phenoxy) is 2. The monoisotopic (exact) mass is 494 g/mol. The first-order valence-corrected chi connectivity index (χ1v) is 13.6. The molecule has 0 radical (unpaired) electrons. The zero-order chi connectivity index (χ0) is 24.6. The highest BCUT2D eigenvalue weighted by Crippen LogP contribution is 2.67. The molecular formula is C27H30N2O5S. The quantitative estimate of drug-likeness (QED) is 0.519. The van der Waals surface area contributed by atoms with Crippen molar-refractivity contribution in [2.75, 3.05) is 25.6 Å². The fraction of sp³-hybridized carbons (Fsp3) is 0.444. The summed E-state index contributed by atoms with van der Waals surface area (Å²) in [4.78, 5) is 13.7. The number of aryl methyl sites for hydroxylation is 1. The molecule has 1 saturated carbocycles. The van der Waals surface area contributed by atoms with Gasteiger partial charge in [0.25, 0.3) is 0 Å². The third-order valence-corrected chi connectivity index (χ3v) is 10.6. The number of allylic oxidation sites excluding steroid dienone is 1. The standard InChI is InChI=1S/C27H30N2O5S/c1-4-18-16-29(35(31,32)19-11-9-17(2)10-12-19)23-15-20(18)24(25(30)33-3)26-13-14-34-27(23,26)28-22-8-6-5-7-21(22)26/h4-12,20,23-24,28H,13-16H2,1-3H3/b18-4-/t20-,23-,24-,26-,27?/m0/s1. The van der Waals surface area contributed by atoms with Gasteiger partial charge in [-0.1, -0.05) is 47.5 Å². The summed E-state index contributed by atoms with van der Waals surface area (Å²) < 4.78 is 41.8. The van der Waals surface area contributed by atoms with Crippen LogP contribution in [0.5, 0.6) is 0 Å². The second-order valence-electron chi connectivity index (χ2n) is 10.1. The summed E-state index contributed by atoms with van der Waals surface area (Å²) in [7, 11) is -2.40. The normalized spacial score (nSPS) is 34.6. The summed E-state index contributed by atoms with van der Waals surface area (Å²) in [5.41, 5.74) is 2.06. The first-order chi connectivity index (χ1) is 16.8. The lowest BCUT2D eigenvalue weighted by atomic mass is 9.51. The first kappa shape index (κ1) is 22.8. The van der Waals surface area contributed by atoms with E-state index in [-0.39, 0.29) is 23.3 Å². The molecule has 2 bridgehead atoms. The van der Waals surface area contributed by atoms with Crippen LogP contribution in [0.25, 0.3) is 0 Å². The molecule has 3 aliphatic heterocycles. The molecule has 3 fully saturated rings. The van der Waals surface area contributed by atoms with E-state index >= 15 is 0 Å². The topological polar surface area (TPSA) is 84.9 Å². The van der Waals surface area contributed by atoms with Gasteiger partial charge < -0.3 is 14.8 Å². The number of piperidine rings is 1. The maximum Gasteiger partial charge on any atom is 0.310 e. The zero-order valence-electron chi connectivity index (χ0n) is 20.2. The minimum absolute atomic E-state index is 0.135. The number of methoxy groups -OCH3 is 1. The Kier molecular flexibility index (Phi) is 4.98. The molecule has 1 unspecified atom stereocenters. The van der Waals surface area contributed by atoms with Gasteiger partial charge in [0.15, 0.2) is 5.72 Å². The Balaban J connectivity index is 1.59. The lowest BCUT2D eigenvalue weighted by Gasteiger charge is -2.59. The van der Waals surface area contributed by atoms with E-state index in [0.717, 1.165) is 22.4 Å². The van der Waals surface area contributed by atoms with E-state index in [0.29, 0.717) is 19.4 Å². The summed E-state index contributed by atoms with van der Waals surface area (Å²) in [5.74, 6) is -0.876. The van der Waals surface area contributed by atoms with Crippen molar-refractivity contribution < 1.29 is 22.7 Å². The van der Waals surface area contributed by atoms with Crippen LogP contribution in [-0.4, -0.2) is 50.7 Å². The Bertz CT molecular complexity index is 1340. The van der Waals surface area contributed by atoms with E-state index in [9.17, 15) is 13.2 Å². The second kappa shape index (κ2) is 7.66. The SMILES string of the molecule is C/C=C1/CN(S(=O)(=O)c2ccc(C)cc2)[C@H]2C[C@@H]1[C@@H](C(=O)OC)[C@@]13CCOC21Nc1ccccc13. The number of carbonyl (C=O) groups is 1. The van der Waals surface area contributed by atoms with Crippen LogP contribution in [0, 0.1) is 18.8 Å². The molecule has 184 valence electrons. The van der Waals surface area contributed by atoms with E-state index in [1.54, 1.807) is 16.4 Å². The van der Waals surface area contributed by atoms with E-state index in [1.165, 1.54) is 7.11 Å². The van der Waals surface area contributed by atoms with Crippen molar-refractivity contribution in [1.82, 2.24) is 4.31 Å². The molecule has 8 heteroatoms. The third kappa shape index (κ3) is 2.79. The van der Waals surface area contributed by atoms with Gasteiger partial charge in [0.1, 0.15) is 0 Å². The number of carbonyl (C=O) groups excluding carboxylic acids is 1. The number of para-hydroxylation sites is 1. The Morgan fingerprint density at radius 2 is 1.94 bits per heavy atom. The molecule has 1 aliphatic carbocycles. The molecule has 0 spiro atoms. The Morgan fingerprint density at radius 1 is 1.20 bits per heavy atom. The van der Waals surface area contributed by atoms with Crippen LogP contribution in [0.2, 0.25) is 0 Å². The molecule has 7 nitrogen and oxygen atoms in total. The molecule has 2 aromatic rings. The highest BCUT2D eigenvalue weighted by atomic mass is 32.2. The number of nitrogens with one attached hydrogen (secondary N) is 1. The van der Waals surface area contributed by atoms with Crippen molar-refractivity contribution in [3.8, 4) is 0 Å². The molecule has 6 rings (SSSR count). The van der Waals surface area contributed by atoms with Gasteiger partial charge in [0, 0.05) is 12.2 Å². The first-order valence-electron chi connectivity index (χ1n) is 12.1. The predicted octanol–water partition coefficient (Wildman–Crippen LogP) is 3.60. The molecular weight excluding hydrogens is 464 g/mol. The number of anilines is 1. The minimum atomic E-state index is -3.83. The van der Waals surface area contributed by atoms with Crippen LogP contribution in [0.1, 0.15) is 30.9 Å². The summed E-state index contributed by atoms with van der Waals surface area (Å²) in [6.07, 6.45) is 3.06. The molecule has 5 atom stereocenters. The van der Waals surface area contributed by atoms with Gasteiger partial charge in [-0.05, 0) is 56.4 Å². The number of hydrogen-bond acceptors (Lipinski definition) is 6. The number of nitrogens with zero attached hydrogens (tertiary/aromatic N) is 1. The Morgan fingerprint density at radius 3 is 2.66 bits per heavy atom. The Hall–Kier alpha value is -2.68. The van der Waals surface area contributed by atoms with Gasteiger partial charge in [-0.25, -0.2) is 8.42 Å². The average molecular weight is 495 g/mol. The fourth-order valence-corrected chi connectivity index (χ4v) is 8.90. The number of sulfonamides is 1. The summed E-state index contributed by atoms with van der Waals surface area (Å²) >= 11 is 0. The summed E-state index contributed by atoms with van der Waals surface area (Å²) in [6.45, 7) is 4.51. The van der Waals surface area contributed by atoms with Crippen LogP contribution < -0.4 is 5.32 Å². The van der Waals surface area contributed by atoms with Gasteiger partial charge in [-0.15, -0.1) is 0 Å². The van der Waals surface area contributed by atoms with Crippen molar-refractivity contribution in [1.29, 1.82) is 0 Å². The van der Waals surface area contributed by atoms with Crippen LogP contribution in [0.4, 0.5) is 5.69 Å². The van der Waals surface area contributed by atoms with E-state index in [4.69, 9.17) is 9.47 Å². The molecule has 4 aliphatic rings. The highest BCUT2D eigenvalue weighted by Gasteiger charge is 2.76. The van der Waals surface area contributed by atoms with Crippen molar-refractivity contribution in [2.24, 2.45) is 11.8 Å². The van der Waals surface area contributed by atoms with Gasteiger partial charge in [-0.3, -0.25) is 4.79 Å². The number of rotatable bonds is 3.